The number of rotatable bonds is 3. The van der Waals surface area contributed by atoms with Crippen molar-refractivity contribution in [1.29, 1.82) is 0 Å². The fourth-order valence-corrected chi connectivity index (χ4v) is 1.51. The van der Waals surface area contributed by atoms with E-state index in [0.717, 1.165) is 5.69 Å². The van der Waals surface area contributed by atoms with E-state index in [9.17, 15) is 4.79 Å². The molecule has 0 aliphatic rings. The summed E-state index contributed by atoms with van der Waals surface area (Å²) in [5, 5.41) is 3.42. The highest BCUT2D eigenvalue weighted by Crippen LogP contribution is 2.17. The number of hydrogen-bond acceptors (Lipinski definition) is 4. The number of nitrogens with zero attached hydrogens (tertiary/aromatic N) is 2. The van der Waals surface area contributed by atoms with Crippen LogP contribution in [0.5, 0.6) is 0 Å². The van der Waals surface area contributed by atoms with Crippen molar-refractivity contribution in [3.8, 4) is 0 Å². The van der Waals surface area contributed by atoms with Crippen molar-refractivity contribution >= 4 is 28.9 Å². The number of carbonyl (C=O) groups is 1. The number of Topliss-reactive ketones (excluding diaryl/α,β-unsaturated/α-hetero) is 1. The molecule has 0 aliphatic carbocycles. The lowest BCUT2D eigenvalue weighted by Crippen LogP contribution is -1.97. The third kappa shape index (κ3) is 3.01. The molecule has 1 heterocycles. The van der Waals surface area contributed by atoms with Crippen LogP contribution in [-0.4, -0.2) is 15.8 Å². The van der Waals surface area contributed by atoms with Gasteiger partial charge in [-0.3, -0.25) is 4.79 Å². The molecule has 0 unspecified atom stereocenters. The van der Waals surface area contributed by atoms with E-state index >= 15 is 0 Å². The van der Waals surface area contributed by atoms with Crippen LogP contribution < -0.4 is 5.32 Å². The number of ketones is 1. The second kappa shape index (κ2) is 4.93. The lowest BCUT2D eigenvalue weighted by Gasteiger charge is -2.06. The van der Waals surface area contributed by atoms with E-state index in [1.54, 1.807) is 18.2 Å². The topological polar surface area (TPSA) is 54.9 Å². The molecule has 1 aromatic heterocycles. The third-order valence-corrected chi connectivity index (χ3v) is 2.38. The first-order valence-electron chi connectivity index (χ1n) is 5.01. The van der Waals surface area contributed by atoms with Gasteiger partial charge in [0.2, 0.25) is 0 Å². The average molecular weight is 248 g/mol. The van der Waals surface area contributed by atoms with E-state index < -0.39 is 0 Å². The maximum absolute atomic E-state index is 11.2. The van der Waals surface area contributed by atoms with Crippen LogP contribution in [0.4, 0.5) is 11.5 Å². The van der Waals surface area contributed by atoms with Gasteiger partial charge in [0.15, 0.2) is 5.78 Å². The summed E-state index contributed by atoms with van der Waals surface area (Å²) in [6.07, 6.45) is 1.37. The van der Waals surface area contributed by atoms with Gasteiger partial charge in [-0.1, -0.05) is 23.7 Å². The zero-order valence-electron chi connectivity index (χ0n) is 9.14. The highest BCUT2D eigenvalue weighted by Gasteiger charge is 2.01. The summed E-state index contributed by atoms with van der Waals surface area (Å²) in [6, 6.07) is 8.80. The van der Waals surface area contributed by atoms with Gasteiger partial charge in [0.05, 0.1) is 0 Å². The molecular weight excluding hydrogens is 238 g/mol. The highest BCUT2D eigenvalue weighted by atomic mass is 35.5. The van der Waals surface area contributed by atoms with Gasteiger partial charge in [-0.15, -0.1) is 0 Å². The smallest absolute Gasteiger partial charge is 0.159 e. The number of halogens is 1. The van der Waals surface area contributed by atoms with E-state index in [4.69, 9.17) is 11.6 Å². The van der Waals surface area contributed by atoms with Gasteiger partial charge in [0, 0.05) is 17.3 Å². The molecule has 17 heavy (non-hydrogen) atoms. The van der Waals surface area contributed by atoms with Crippen LogP contribution >= 0.6 is 11.6 Å². The minimum absolute atomic E-state index is 0.0226. The molecule has 86 valence electrons. The van der Waals surface area contributed by atoms with Crippen molar-refractivity contribution in [1.82, 2.24) is 9.97 Å². The second-order valence-electron chi connectivity index (χ2n) is 3.49. The molecule has 0 amide bonds. The molecule has 0 spiro atoms. The Morgan fingerprint density at radius 1 is 1.29 bits per heavy atom. The summed E-state index contributed by atoms with van der Waals surface area (Å²) in [5.74, 6) is 0.611. The molecule has 4 nitrogen and oxygen atoms in total. The molecule has 0 atom stereocenters. The first kappa shape index (κ1) is 11.5. The summed E-state index contributed by atoms with van der Waals surface area (Å²) in [4.78, 5) is 19.0. The van der Waals surface area contributed by atoms with E-state index in [1.807, 2.05) is 12.1 Å². The van der Waals surface area contributed by atoms with E-state index in [0.29, 0.717) is 16.5 Å². The molecule has 0 radical (unpaired) electrons. The van der Waals surface area contributed by atoms with Gasteiger partial charge in [-0.2, -0.15) is 0 Å². The van der Waals surface area contributed by atoms with Crippen molar-refractivity contribution in [3.05, 3.63) is 47.4 Å². The zero-order chi connectivity index (χ0) is 12.3. The molecule has 1 N–H and O–H groups in total. The van der Waals surface area contributed by atoms with Gasteiger partial charge in [-0.25, -0.2) is 9.97 Å². The number of hydrogen-bond donors (Lipinski definition) is 1. The molecule has 0 fully saturated rings. The molecular formula is C12H10ClN3O. The Morgan fingerprint density at radius 2 is 2.12 bits per heavy atom. The van der Waals surface area contributed by atoms with Gasteiger partial charge in [0.25, 0.3) is 0 Å². The van der Waals surface area contributed by atoms with Gasteiger partial charge < -0.3 is 5.32 Å². The minimum atomic E-state index is 0.0226. The normalized spacial score (nSPS) is 10.0. The van der Waals surface area contributed by atoms with E-state index in [1.165, 1.54) is 13.3 Å². The van der Waals surface area contributed by atoms with Crippen LogP contribution in [0.1, 0.15) is 17.3 Å². The number of anilines is 2. The first-order chi connectivity index (χ1) is 8.15. The molecule has 0 saturated carbocycles. The summed E-state index contributed by atoms with van der Waals surface area (Å²) in [7, 11) is 0. The van der Waals surface area contributed by atoms with Gasteiger partial charge >= 0.3 is 0 Å². The standard InChI is InChI=1S/C12H10ClN3O/c1-8(17)9-3-2-4-10(5-9)16-12-6-11(13)14-7-15-12/h2-7H,1H3,(H,14,15,16). The van der Waals surface area contributed by atoms with Crippen molar-refractivity contribution in [2.75, 3.05) is 5.32 Å². The Hall–Kier alpha value is -1.94. The van der Waals surface area contributed by atoms with Crippen LogP contribution in [0.15, 0.2) is 36.7 Å². The van der Waals surface area contributed by atoms with Gasteiger partial charge in [0.1, 0.15) is 17.3 Å². The molecule has 2 rings (SSSR count). The molecule has 0 bridgehead atoms. The van der Waals surface area contributed by atoms with Crippen LogP contribution in [0.2, 0.25) is 5.15 Å². The minimum Gasteiger partial charge on any atom is -0.340 e. The summed E-state index contributed by atoms with van der Waals surface area (Å²) < 4.78 is 0. The highest BCUT2D eigenvalue weighted by molar-refractivity contribution is 6.29. The van der Waals surface area contributed by atoms with Crippen LogP contribution in [0.3, 0.4) is 0 Å². The SMILES string of the molecule is CC(=O)c1cccc(Nc2cc(Cl)ncn2)c1. The Kier molecular flexibility index (Phi) is 3.35. The van der Waals surface area contributed by atoms with E-state index in [2.05, 4.69) is 15.3 Å². The Morgan fingerprint density at radius 3 is 2.82 bits per heavy atom. The van der Waals surface area contributed by atoms with E-state index in [-0.39, 0.29) is 5.78 Å². The first-order valence-corrected chi connectivity index (χ1v) is 5.38. The van der Waals surface area contributed by atoms with Crippen molar-refractivity contribution in [2.24, 2.45) is 0 Å². The quantitative estimate of drug-likeness (QED) is 0.669. The summed E-state index contributed by atoms with van der Waals surface area (Å²) in [5.41, 5.74) is 1.43. The molecule has 0 saturated heterocycles. The number of carbonyl (C=O) groups excluding carboxylic acids is 1. The predicted molar refractivity (Wildman–Crippen MR) is 66.8 cm³/mol. The van der Waals surface area contributed by atoms with Crippen LogP contribution in [0, 0.1) is 0 Å². The largest absolute Gasteiger partial charge is 0.340 e. The monoisotopic (exact) mass is 247 g/mol. The number of nitrogens with one attached hydrogen (secondary N) is 1. The Bertz CT molecular complexity index is 557. The zero-order valence-corrected chi connectivity index (χ0v) is 9.90. The van der Waals surface area contributed by atoms with Crippen molar-refractivity contribution < 1.29 is 4.79 Å². The Balaban J connectivity index is 2.24. The fraction of sp³-hybridized carbons (Fsp3) is 0.0833. The van der Waals surface area contributed by atoms with Crippen LogP contribution in [0.25, 0.3) is 0 Å². The predicted octanol–water partition coefficient (Wildman–Crippen LogP) is 3.08. The van der Waals surface area contributed by atoms with Crippen LogP contribution in [-0.2, 0) is 0 Å². The van der Waals surface area contributed by atoms with Gasteiger partial charge in [-0.05, 0) is 19.1 Å². The maximum atomic E-state index is 11.2. The second-order valence-corrected chi connectivity index (χ2v) is 3.88. The van der Waals surface area contributed by atoms with Crippen molar-refractivity contribution in [2.45, 2.75) is 6.92 Å². The van der Waals surface area contributed by atoms with Crippen molar-refractivity contribution in [3.63, 3.8) is 0 Å². The molecule has 2 aromatic rings. The molecule has 5 heteroatoms. The number of aromatic nitrogens is 2. The lowest BCUT2D eigenvalue weighted by atomic mass is 10.1. The maximum Gasteiger partial charge on any atom is 0.159 e. The fourth-order valence-electron chi connectivity index (χ4n) is 1.37. The summed E-state index contributed by atoms with van der Waals surface area (Å²) in [6.45, 7) is 1.53. The molecule has 0 aliphatic heterocycles. The average Bonchev–Trinajstić information content (AvgIpc) is 2.29. The number of benzene rings is 1. The summed E-state index contributed by atoms with van der Waals surface area (Å²) >= 11 is 5.75. The Labute approximate surface area is 104 Å². The lowest BCUT2D eigenvalue weighted by molar-refractivity contribution is 0.101. The third-order valence-electron chi connectivity index (χ3n) is 2.18. The molecule has 1 aromatic carbocycles.